The van der Waals surface area contributed by atoms with Crippen LogP contribution in [0.2, 0.25) is 0 Å². The molecule has 19 heavy (non-hydrogen) atoms. The van der Waals surface area contributed by atoms with Gasteiger partial charge in [0.2, 0.25) is 0 Å². The normalized spacial score (nSPS) is 11.5. The molecule has 0 saturated heterocycles. The number of pyridine rings is 1. The highest BCUT2D eigenvalue weighted by Gasteiger charge is 2.21. The number of hydrogen-bond donors (Lipinski definition) is 2. The van der Waals surface area contributed by atoms with E-state index in [2.05, 4.69) is 14.7 Å². The van der Waals surface area contributed by atoms with Gasteiger partial charge in [-0.25, -0.2) is 8.42 Å². The Balaban J connectivity index is 2.21. The molecule has 2 rings (SSSR count). The minimum absolute atomic E-state index is 0.0344. The molecular weight excluding hydrogens is 284 g/mol. The van der Waals surface area contributed by atoms with E-state index in [4.69, 9.17) is 5.73 Å². The van der Waals surface area contributed by atoms with Crippen LogP contribution in [-0.4, -0.2) is 24.0 Å². The van der Waals surface area contributed by atoms with Crippen molar-refractivity contribution in [2.75, 3.05) is 17.3 Å². The Morgan fingerprint density at radius 2 is 2.16 bits per heavy atom. The quantitative estimate of drug-likeness (QED) is 0.886. The first kappa shape index (κ1) is 13.8. The highest BCUT2D eigenvalue weighted by Crippen LogP contribution is 2.31. The van der Waals surface area contributed by atoms with Crippen molar-refractivity contribution >= 4 is 32.2 Å². The van der Waals surface area contributed by atoms with Gasteiger partial charge in [-0.2, -0.15) is 4.37 Å². The third-order valence-corrected chi connectivity index (χ3v) is 4.52. The summed E-state index contributed by atoms with van der Waals surface area (Å²) in [6.45, 7) is 2.32. The predicted molar refractivity (Wildman–Crippen MR) is 75.9 cm³/mol. The van der Waals surface area contributed by atoms with Gasteiger partial charge in [0.1, 0.15) is 9.90 Å². The minimum Gasteiger partial charge on any atom is -0.382 e. The van der Waals surface area contributed by atoms with Gasteiger partial charge >= 0.3 is 0 Å². The Labute approximate surface area is 115 Å². The molecule has 0 amide bonds. The van der Waals surface area contributed by atoms with Gasteiger partial charge < -0.3 is 11.1 Å². The molecule has 0 fully saturated rings. The van der Waals surface area contributed by atoms with Crippen LogP contribution in [0.5, 0.6) is 0 Å². The molecule has 0 saturated carbocycles. The number of nitrogens with zero attached hydrogens (tertiary/aromatic N) is 2. The monoisotopic (exact) mass is 298 g/mol. The second-order valence-corrected chi connectivity index (χ2v) is 6.85. The van der Waals surface area contributed by atoms with Crippen molar-refractivity contribution < 1.29 is 8.42 Å². The van der Waals surface area contributed by atoms with Gasteiger partial charge in [-0.3, -0.25) is 4.98 Å². The first-order chi connectivity index (χ1) is 8.88. The molecule has 0 unspecified atom stereocenters. The number of anilines is 2. The van der Waals surface area contributed by atoms with Crippen LogP contribution in [0.1, 0.15) is 11.4 Å². The standard InChI is InChI=1S/C11H14N4O2S2/c1-7-4-3-5-8(14-7)6-13-11-9(19(2,16)17)10(12)15-18-11/h3-5,13H,6H2,1-2H3,(H2,12,15). The number of nitrogens with two attached hydrogens (primary N) is 1. The molecule has 3 N–H and O–H groups in total. The molecule has 0 aliphatic carbocycles. The van der Waals surface area contributed by atoms with Gasteiger partial charge in [0.25, 0.3) is 0 Å². The van der Waals surface area contributed by atoms with Gasteiger partial charge in [-0.1, -0.05) is 6.07 Å². The summed E-state index contributed by atoms with van der Waals surface area (Å²) in [6.07, 6.45) is 1.11. The van der Waals surface area contributed by atoms with Crippen LogP contribution in [0.25, 0.3) is 0 Å². The maximum atomic E-state index is 11.6. The Hall–Kier alpha value is -1.67. The highest BCUT2D eigenvalue weighted by atomic mass is 32.2. The third kappa shape index (κ3) is 3.21. The van der Waals surface area contributed by atoms with Crippen LogP contribution in [0.4, 0.5) is 10.8 Å². The average Bonchev–Trinajstić information content (AvgIpc) is 2.67. The first-order valence-corrected chi connectivity index (χ1v) is 8.16. The van der Waals surface area contributed by atoms with Crippen LogP contribution < -0.4 is 11.1 Å². The second kappa shape index (κ2) is 5.14. The molecule has 6 nitrogen and oxygen atoms in total. The minimum atomic E-state index is -3.39. The SMILES string of the molecule is Cc1cccc(CNc2snc(N)c2S(C)(=O)=O)n1. The number of nitrogen functional groups attached to an aromatic ring is 1. The van der Waals surface area contributed by atoms with Gasteiger partial charge in [-0.05, 0) is 30.6 Å². The fourth-order valence-corrected chi connectivity index (χ4v) is 3.70. The van der Waals surface area contributed by atoms with Crippen LogP contribution in [0.15, 0.2) is 23.1 Å². The maximum absolute atomic E-state index is 11.6. The van der Waals surface area contributed by atoms with E-state index in [-0.39, 0.29) is 10.7 Å². The van der Waals surface area contributed by atoms with Gasteiger partial charge in [0.15, 0.2) is 15.7 Å². The van der Waals surface area contributed by atoms with Crippen molar-refractivity contribution in [2.24, 2.45) is 0 Å². The lowest BCUT2D eigenvalue weighted by atomic mass is 10.3. The Kier molecular flexibility index (Phi) is 3.72. The molecule has 0 radical (unpaired) electrons. The summed E-state index contributed by atoms with van der Waals surface area (Å²) in [5.74, 6) is 0.0344. The van der Waals surface area contributed by atoms with Crippen molar-refractivity contribution in [3.05, 3.63) is 29.6 Å². The zero-order valence-electron chi connectivity index (χ0n) is 10.5. The lowest BCUT2D eigenvalue weighted by Gasteiger charge is -2.06. The zero-order chi connectivity index (χ0) is 14.0. The Morgan fingerprint density at radius 3 is 2.79 bits per heavy atom. The van der Waals surface area contributed by atoms with Crippen molar-refractivity contribution in [2.45, 2.75) is 18.4 Å². The fourth-order valence-electron chi connectivity index (χ4n) is 1.63. The molecule has 2 aromatic rings. The van der Waals surface area contributed by atoms with E-state index >= 15 is 0 Å². The van der Waals surface area contributed by atoms with E-state index < -0.39 is 9.84 Å². The molecule has 8 heteroatoms. The van der Waals surface area contributed by atoms with E-state index in [1.807, 2.05) is 25.1 Å². The zero-order valence-corrected chi connectivity index (χ0v) is 12.2. The van der Waals surface area contributed by atoms with Crippen molar-refractivity contribution in [3.63, 3.8) is 0 Å². The van der Waals surface area contributed by atoms with Gasteiger partial charge in [0, 0.05) is 11.9 Å². The maximum Gasteiger partial charge on any atom is 0.182 e. The number of hydrogen-bond acceptors (Lipinski definition) is 7. The van der Waals surface area contributed by atoms with E-state index in [0.29, 0.717) is 11.5 Å². The molecule has 0 atom stereocenters. The van der Waals surface area contributed by atoms with Crippen molar-refractivity contribution in [1.29, 1.82) is 0 Å². The fraction of sp³-hybridized carbons (Fsp3) is 0.273. The summed E-state index contributed by atoms with van der Waals surface area (Å²) in [5.41, 5.74) is 7.32. The summed E-state index contributed by atoms with van der Waals surface area (Å²) in [6, 6.07) is 5.67. The summed E-state index contributed by atoms with van der Waals surface area (Å²) in [7, 11) is -3.39. The van der Waals surface area contributed by atoms with Crippen LogP contribution >= 0.6 is 11.5 Å². The third-order valence-electron chi connectivity index (χ3n) is 2.42. The van der Waals surface area contributed by atoms with Crippen molar-refractivity contribution in [3.8, 4) is 0 Å². The topological polar surface area (TPSA) is 98.0 Å². The lowest BCUT2D eigenvalue weighted by Crippen LogP contribution is -2.06. The Bertz CT molecular complexity index is 694. The number of aromatic nitrogens is 2. The predicted octanol–water partition coefficient (Wildman–Crippen LogP) is 1.44. The summed E-state index contributed by atoms with van der Waals surface area (Å²) >= 11 is 1.03. The molecule has 102 valence electrons. The van der Waals surface area contributed by atoms with E-state index in [0.717, 1.165) is 29.2 Å². The van der Waals surface area contributed by atoms with E-state index in [1.54, 1.807) is 0 Å². The molecule has 2 heterocycles. The van der Waals surface area contributed by atoms with E-state index in [1.165, 1.54) is 0 Å². The average molecular weight is 298 g/mol. The first-order valence-electron chi connectivity index (χ1n) is 5.49. The number of sulfone groups is 1. The van der Waals surface area contributed by atoms with Crippen LogP contribution in [-0.2, 0) is 16.4 Å². The molecular formula is C11H14N4O2S2. The molecule has 0 aromatic carbocycles. The van der Waals surface area contributed by atoms with Crippen LogP contribution in [0, 0.1) is 6.92 Å². The largest absolute Gasteiger partial charge is 0.382 e. The Morgan fingerprint density at radius 1 is 1.42 bits per heavy atom. The van der Waals surface area contributed by atoms with Crippen molar-refractivity contribution in [1.82, 2.24) is 9.36 Å². The molecule has 0 aliphatic heterocycles. The molecule has 2 aromatic heterocycles. The van der Waals surface area contributed by atoms with Gasteiger partial charge in [-0.15, -0.1) is 0 Å². The van der Waals surface area contributed by atoms with Crippen LogP contribution in [0.3, 0.4) is 0 Å². The lowest BCUT2D eigenvalue weighted by molar-refractivity contribution is 0.602. The molecule has 0 aliphatic rings. The summed E-state index contributed by atoms with van der Waals surface area (Å²) in [4.78, 5) is 4.39. The molecule has 0 bridgehead atoms. The number of aryl methyl sites for hydroxylation is 1. The number of nitrogens with one attached hydrogen (secondary N) is 1. The smallest absolute Gasteiger partial charge is 0.182 e. The van der Waals surface area contributed by atoms with Gasteiger partial charge in [0.05, 0.1) is 12.2 Å². The summed E-state index contributed by atoms with van der Waals surface area (Å²) in [5, 5.41) is 3.47. The molecule has 0 spiro atoms. The highest BCUT2D eigenvalue weighted by molar-refractivity contribution is 7.91. The second-order valence-electron chi connectivity index (χ2n) is 4.12. The van der Waals surface area contributed by atoms with E-state index in [9.17, 15) is 8.42 Å². The number of rotatable bonds is 4. The summed E-state index contributed by atoms with van der Waals surface area (Å²) < 4.78 is 27.1.